The molecule has 0 bridgehead atoms. The monoisotopic (exact) mass is 343 g/mol. The Morgan fingerprint density at radius 3 is 3.17 bits per heavy atom. The van der Waals surface area contributed by atoms with Gasteiger partial charge in [-0.25, -0.2) is 0 Å². The van der Waals surface area contributed by atoms with Crippen molar-refractivity contribution in [2.45, 2.75) is 31.7 Å². The van der Waals surface area contributed by atoms with Gasteiger partial charge in [0.25, 0.3) is 0 Å². The van der Waals surface area contributed by atoms with Crippen molar-refractivity contribution in [2.24, 2.45) is 7.05 Å². The lowest BCUT2D eigenvalue weighted by atomic mass is 10.1. The van der Waals surface area contributed by atoms with Crippen molar-refractivity contribution in [2.75, 3.05) is 13.1 Å². The Morgan fingerprint density at radius 2 is 2.38 bits per heavy atom. The summed E-state index contributed by atoms with van der Waals surface area (Å²) in [6.45, 7) is 2.21. The van der Waals surface area contributed by atoms with E-state index in [0.29, 0.717) is 11.9 Å². The van der Waals surface area contributed by atoms with Gasteiger partial charge in [0.15, 0.2) is 0 Å². The van der Waals surface area contributed by atoms with Crippen molar-refractivity contribution in [1.82, 2.24) is 24.8 Å². The second-order valence-corrected chi connectivity index (χ2v) is 7.18. The molecule has 0 amide bonds. The third-order valence-corrected chi connectivity index (χ3v) is 5.38. The summed E-state index contributed by atoms with van der Waals surface area (Å²) in [4.78, 5) is 8.10. The van der Waals surface area contributed by atoms with Crippen molar-refractivity contribution in [3.05, 3.63) is 41.4 Å². The normalized spacial score (nSPS) is 18.5. The Hall–Kier alpha value is -1.99. The van der Waals surface area contributed by atoms with E-state index < -0.39 is 0 Å². The number of aryl methyl sites for hydroxylation is 2. The molecule has 6 nitrogen and oxygen atoms in total. The highest BCUT2D eigenvalue weighted by atomic mass is 32.1. The fourth-order valence-electron chi connectivity index (χ4n) is 3.38. The van der Waals surface area contributed by atoms with Crippen LogP contribution in [0.15, 0.2) is 34.4 Å². The van der Waals surface area contributed by atoms with Crippen molar-refractivity contribution in [1.29, 1.82) is 0 Å². The van der Waals surface area contributed by atoms with E-state index in [-0.39, 0.29) is 0 Å². The van der Waals surface area contributed by atoms with E-state index in [2.05, 4.69) is 26.3 Å². The largest absolute Gasteiger partial charge is 0.339 e. The first kappa shape index (κ1) is 15.5. The van der Waals surface area contributed by atoms with Crippen LogP contribution in [0, 0.1) is 0 Å². The molecule has 1 atom stereocenters. The SMILES string of the molecule is Cn1cc([C@H]2CCCN2CCCc2nc(-c3cccs3)no2)cn1. The van der Waals surface area contributed by atoms with E-state index in [1.807, 2.05) is 35.4 Å². The minimum atomic E-state index is 0.503. The molecular formula is C17H21N5OS. The van der Waals surface area contributed by atoms with E-state index in [1.54, 1.807) is 11.3 Å². The standard InChI is InChI=1S/C17H21N5OS/c1-21-12-13(11-18-21)14-5-2-8-22(14)9-3-7-16-19-17(20-23-16)15-6-4-10-24-15/h4,6,10-12,14H,2-3,5,7-9H2,1H3/t14-/m1/s1. The topological polar surface area (TPSA) is 60.0 Å². The Kier molecular flexibility index (Phi) is 4.44. The highest BCUT2D eigenvalue weighted by molar-refractivity contribution is 7.13. The molecule has 0 aromatic carbocycles. The smallest absolute Gasteiger partial charge is 0.227 e. The molecule has 4 heterocycles. The molecule has 0 radical (unpaired) electrons. The van der Waals surface area contributed by atoms with Gasteiger partial charge in [-0.05, 0) is 43.8 Å². The molecule has 1 aliphatic rings. The molecule has 126 valence electrons. The number of hydrogen-bond donors (Lipinski definition) is 0. The third-order valence-electron chi connectivity index (χ3n) is 4.52. The van der Waals surface area contributed by atoms with Crippen molar-refractivity contribution in [3.63, 3.8) is 0 Å². The predicted octanol–water partition coefficient (Wildman–Crippen LogP) is 3.30. The quantitative estimate of drug-likeness (QED) is 0.687. The first-order chi connectivity index (χ1) is 11.8. The molecule has 24 heavy (non-hydrogen) atoms. The second kappa shape index (κ2) is 6.86. The molecule has 0 aliphatic carbocycles. The van der Waals surface area contributed by atoms with E-state index >= 15 is 0 Å². The van der Waals surface area contributed by atoms with Crippen LogP contribution in [0.5, 0.6) is 0 Å². The summed E-state index contributed by atoms with van der Waals surface area (Å²) >= 11 is 1.63. The van der Waals surface area contributed by atoms with Gasteiger partial charge in [-0.1, -0.05) is 11.2 Å². The average Bonchev–Trinajstić information content (AvgIpc) is 3.35. The van der Waals surface area contributed by atoms with E-state index in [4.69, 9.17) is 4.52 Å². The summed E-state index contributed by atoms with van der Waals surface area (Å²) < 4.78 is 7.27. The van der Waals surface area contributed by atoms with Gasteiger partial charge in [0, 0.05) is 31.3 Å². The third kappa shape index (κ3) is 3.27. The highest BCUT2D eigenvalue weighted by Crippen LogP contribution is 2.31. The van der Waals surface area contributed by atoms with E-state index in [9.17, 15) is 0 Å². The maximum Gasteiger partial charge on any atom is 0.227 e. The zero-order chi connectivity index (χ0) is 16.4. The first-order valence-corrected chi connectivity index (χ1v) is 9.26. The number of likely N-dealkylation sites (tertiary alicyclic amines) is 1. The second-order valence-electron chi connectivity index (χ2n) is 6.23. The summed E-state index contributed by atoms with van der Waals surface area (Å²) in [7, 11) is 1.98. The van der Waals surface area contributed by atoms with Crippen LogP contribution < -0.4 is 0 Å². The van der Waals surface area contributed by atoms with Crippen LogP contribution in [-0.4, -0.2) is 37.9 Å². The van der Waals surface area contributed by atoms with Crippen LogP contribution in [0.2, 0.25) is 0 Å². The van der Waals surface area contributed by atoms with Crippen LogP contribution in [0.25, 0.3) is 10.7 Å². The fourth-order valence-corrected chi connectivity index (χ4v) is 4.03. The molecule has 3 aromatic heterocycles. The molecule has 1 saturated heterocycles. The molecule has 1 fully saturated rings. The van der Waals surface area contributed by atoms with E-state index in [0.717, 1.165) is 36.7 Å². The van der Waals surface area contributed by atoms with Crippen LogP contribution in [0.4, 0.5) is 0 Å². The van der Waals surface area contributed by atoms with Gasteiger partial charge in [0.1, 0.15) is 0 Å². The van der Waals surface area contributed by atoms with Crippen LogP contribution >= 0.6 is 11.3 Å². The van der Waals surface area contributed by atoms with Gasteiger partial charge >= 0.3 is 0 Å². The summed E-state index contributed by atoms with van der Waals surface area (Å²) in [6, 6.07) is 4.52. The molecule has 0 N–H and O–H groups in total. The maximum absolute atomic E-state index is 5.38. The van der Waals surface area contributed by atoms with Gasteiger partial charge in [0.05, 0.1) is 11.1 Å². The average molecular weight is 343 g/mol. The summed E-state index contributed by atoms with van der Waals surface area (Å²) in [5, 5.41) is 10.4. The zero-order valence-electron chi connectivity index (χ0n) is 13.8. The Labute approximate surface area is 145 Å². The van der Waals surface area contributed by atoms with Gasteiger partial charge in [0.2, 0.25) is 11.7 Å². The summed E-state index contributed by atoms with van der Waals surface area (Å²) in [5.74, 6) is 1.44. The maximum atomic E-state index is 5.38. The molecule has 4 rings (SSSR count). The molecular weight excluding hydrogens is 322 g/mol. The molecule has 0 saturated carbocycles. The van der Waals surface area contributed by atoms with Crippen LogP contribution in [0.3, 0.4) is 0 Å². The number of nitrogens with zero attached hydrogens (tertiary/aromatic N) is 5. The van der Waals surface area contributed by atoms with E-state index in [1.165, 1.54) is 18.4 Å². The van der Waals surface area contributed by atoms with Crippen LogP contribution in [0.1, 0.15) is 36.8 Å². The number of aromatic nitrogens is 4. The summed E-state index contributed by atoms with van der Waals surface area (Å²) in [6.07, 6.45) is 8.46. The van der Waals surface area contributed by atoms with Gasteiger partial charge < -0.3 is 4.52 Å². The predicted molar refractivity (Wildman–Crippen MR) is 92.7 cm³/mol. The molecule has 0 unspecified atom stereocenters. The lowest BCUT2D eigenvalue weighted by Gasteiger charge is -2.23. The van der Waals surface area contributed by atoms with Gasteiger partial charge in [-0.15, -0.1) is 11.3 Å². The zero-order valence-corrected chi connectivity index (χ0v) is 14.6. The molecule has 3 aromatic rings. The van der Waals surface area contributed by atoms with Gasteiger partial charge in [-0.3, -0.25) is 9.58 Å². The number of hydrogen-bond acceptors (Lipinski definition) is 6. The number of rotatable bonds is 6. The lowest BCUT2D eigenvalue weighted by Crippen LogP contribution is -2.24. The molecule has 7 heteroatoms. The van der Waals surface area contributed by atoms with Crippen molar-refractivity contribution >= 4 is 11.3 Å². The van der Waals surface area contributed by atoms with Crippen molar-refractivity contribution in [3.8, 4) is 10.7 Å². The van der Waals surface area contributed by atoms with Gasteiger partial charge in [-0.2, -0.15) is 10.1 Å². The fraction of sp³-hybridized carbons (Fsp3) is 0.471. The summed E-state index contributed by atoms with van der Waals surface area (Å²) in [5.41, 5.74) is 1.33. The number of thiophene rings is 1. The Bertz CT molecular complexity index is 779. The van der Waals surface area contributed by atoms with Crippen LogP contribution in [-0.2, 0) is 13.5 Å². The highest BCUT2D eigenvalue weighted by Gasteiger charge is 2.26. The lowest BCUT2D eigenvalue weighted by molar-refractivity contribution is 0.249. The minimum absolute atomic E-state index is 0.503. The van der Waals surface area contributed by atoms with Crippen molar-refractivity contribution < 1.29 is 4.52 Å². The Morgan fingerprint density at radius 1 is 1.42 bits per heavy atom. The Balaban J connectivity index is 1.32. The molecule has 1 aliphatic heterocycles. The minimum Gasteiger partial charge on any atom is -0.339 e. The molecule has 0 spiro atoms. The first-order valence-electron chi connectivity index (χ1n) is 8.38.